The van der Waals surface area contributed by atoms with Gasteiger partial charge in [-0.25, -0.2) is 0 Å². The third-order valence-corrected chi connectivity index (χ3v) is 3.72. The van der Waals surface area contributed by atoms with Crippen LogP contribution in [0.25, 0.3) is 10.1 Å². The molecule has 0 fully saturated rings. The number of carbonyl (C=O) groups excluding carboxylic acids is 2. The molecule has 0 saturated carbocycles. The van der Waals surface area contributed by atoms with Gasteiger partial charge < -0.3 is 10.5 Å². The third kappa shape index (κ3) is 2.36. The number of thiophene rings is 1. The molecule has 0 atom stereocenters. The van der Waals surface area contributed by atoms with Crippen molar-refractivity contribution in [3.05, 3.63) is 29.1 Å². The van der Waals surface area contributed by atoms with Gasteiger partial charge in [-0.05, 0) is 13.0 Å². The number of Topliss-reactive ketones (excluding diaryl/α,β-unsaturated/α-hetero) is 1. The fourth-order valence-electron chi connectivity index (χ4n) is 1.70. The molecule has 2 N–H and O–H groups in total. The topological polar surface area (TPSA) is 69.4 Å². The van der Waals surface area contributed by atoms with Crippen LogP contribution in [0, 0.1) is 0 Å². The zero-order chi connectivity index (χ0) is 13.1. The van der Waals surface area contributed by atoms with Gasteiger partial charge in [0, 0.05) is 10.1 Å². The predicted molar refractivity (Wildman–Crippen MR) is 71.8 cm³/mol. The summed E-state index contributed by atoms with van der Waals surface area (Å²) in [5.41, 5.74) is 6.38. The van der Waals surface area contributed by atoms with E-state index in [1.807, 2.05) is 24.3 Å². The summed E-state index contributed by atoms with van der Waals surface area (Å²) in [7, 11) is 0. The molecule has 0 aliphatic rings. The van der Waals surface area contributed by atoms with Crippen molar-refractivity contribution in [3.8, 4) is 0 Å². The Bertz CT molecular complexity index is 603. The van der Waals surface area contributed by atoms with Gasteiger partial charge in [0.15, 0.2) is 5.78 Å². The summed E-state index contributed by atoms with van der Waals surface area (Å²) in [6, 6.07) is 7.52. The summed E-state index contributed by atoms with van der Waals surface area (Å²) in [5, 5.41) is 0.856. The molecule has 2 rings (SSSR count). The minimum absolute atomic E-state index is 0.259. The van der Waals surface area contributed by atoms with E-state index >= 15 is 0 Å². The highest BCUT2D eigenvalue weighted by molar-refractivity contribution is 7.21. The molecule has 1 aromatic carbocycles. The summed E-state index contributed by atoms with van der Waals surface area (Å²) >= 11 is 1.31. The zero-order valence-electron chi connectivity index (χ0n) is 9.93. The van der Waals surface area contributed by atoms with Gasteiger partial charge in [0.2, 0.25) is 0 Å². The van der Waals surface area contributed by atoms with E-state index in [0.717, 1.165) is 10.1 Å². The number of nitrogen functional groups attached to an aromatic ring is 1. The number of hydrogen-bond donors (Lipinski definition) is 1. The minimum Gasteiger partial charge on any atom is -0.466 e. The molecule has 18 heavy (non-hydrogen) atoms. The average Bonchev–Trinajstić information content (AvgIpc) is 2.68. The van der Waals surface area contributed by atoms with Gasteiger partial charge in [-0.1, -0.05) is 18.2 Å². The summed E-state index contributed by atoms with van der Waals surface area (Å²) < 4.78 is 5.70. The average molecular weight is 263 g/mol. The molecule has 4 nitrogen and oxygen atoms in total. The van der Waals surface area contributed by atoms with Crippen LogP contribution in [0.4, 0.5) is 5.69 Å². The number of fused-ring (bicyclic) bond motifs is 1. The highest BCUT2D eigenvalue weighted by Gasteiger charge is 2.19. The van der Waals surface area contributed by atoms with Crippen LogP contribution in [-0.2, 0) is 9.53 Å². The molecule has 0 spiro atoms. The molecule has 0 saturated heterocycles. The van der Waals surface area contributed by atoms with Crippen LogP contribution in [0.3, 0.4) is 0 Å². The molecule has 1 aromatic heterocycles. The largest absolute Gasteiger partial charge is 0.466 e. The van der Waals surface area contributed by atoms with Crippen molar-refractivity contribution in [2.45, 2.75) is 13.3 Å². The van der Waals surface area contributed by atoms with E-state index in [-0.39, 0.29) is 18.8 Å². The molecule has 0 amide bonds. The van der Waals surface area contributed by atoms with E-state index in [2.05, 4.69) is 0 Å². The number of benzene rings is 1. The highest BCUT2D eigenvalue weighted by atomic mass is 32.1. The Labute approximate surface area is 108 Å². The molecule has 2 aromatic rings. The molecule has 0 bridgehead atoms. The second-order valence-electron chi connectivity index (χ2n) is 3.75. The van der Waals surface area contributed by atoms with Gasteiger partial charge in [0.1, 0.15) is 6.42 Å². The van der Waals surface area contributed by atoms with Crippen molar-refractivity contribution < 1.29 is 14.3 Å². The van der Waals surface area contributed by atoms with Gasteiger partial charge in [-0.15, -0.1) is 11.3 Å². The van der Waals surface area contributed by atoms with E-state index in [9.17, 15) is 9.59 Å². The smallest absolute Gasteiger partial charge is 0.313 e. The Morgan fingerprint density at radius 2 is 2.06 bits per heavy atom. The molecular weight excluding hydrogens is 250 g/mol. The maximum atomic E-state index is 11.9. The number of carbonyl (C=O) groups is 2. The third-order valence-electron chi connectivity index (χ3n) is 2.50. The summed E-state index contributed by atoms with van der Waals surface area (Å²) in [6.07, 6.45) is -0.259. The lowest BCUT2D eigenvalue weighted by Gasteiger charge is -2.00. The Morgan fingerprint density at radius 1 is 1.33 bits per heavy atom. The summed E-state index contributed by atoms with van der Waals surface area (Å²) in [4.78, 5) is 23.7. The Kier molecular flexibility index (Phi) is 3.62. The van der Waals surface area contributed by atoms with Crippen LogP contribution in [-0.4, -0.2) is 18.4 Å². The first-order valence-electron chi connectivity index (χ1n) is 5.59. The van der Waals surface area contributed by atoms with E-state index in [1.54, 1.807) is 6.92 Å². The van der Waals surface area contributed by atoms with Crippen molar-refractivity contribution in [3.63, 3.8) is 0 Å². The first kappa shape index (κ1) is 12.6. The molecule has 94 valence electrons. The number of anilines is 1. The summed E-state index contributed by atoms with van der Waals surface area (Å²) in [6.45, 7) is 1.98. The molecule has 1 heterocycles. The lowest BCUT2D eigenvalue weighted by atomic mass is 10.1. The van der Waals surface area contributed by atoms with E-state index in [1.165, 1.54) is 11.3 Å². The maximum Gasteiger partial charge on any atom is 0.313 e. The van der Waals surface area contributed by atoms with Crippen molar-refractivity contribution in [2.75, 3.05) is 12.3 Å². The number of ether oxygens (including phenoxy) is 1. The van der Waals surface area contributed by atoms with Crippen LogP contribution < -0.4 is 5.73 Å². The molecule has 0 radical (unpaired) electrons. The standard InChI is InChI=1S/C13H13NO3S/c1-2-17-11(16)7-9(15)13-12(14)8-5-3-4-6-10(8)18-13/h3-6H,2,7,14H2,1H3. The lowest BCUT2D eigenvalue weighted by Crippen LogP contribution is -2.11. The fourth-order valence-corrected chi connectivity index (χ4v) is 2.76. The van der Waals surface area contributed by atoms with Gasteiger partial charge in [0.05, 0.1) is 17.2 Å². The van der Waals surface area contributed by atoms with Gasteiger partial charge in [0.25, 0.3) is 0 Å². The molecular formula is C13H13NO3S. The second-order valence-corrected chi connectivity index (χ2v) is 4.80. The normalized spacial score (nSPS) is 10.5. The Balaban J connectivity index is 2.28. The van der Waals surface area contributed by atoms with Crippen LogP contribution in [0.1, 0.15) is 23.0 Å². The minimum atomic E-state index is -0.514. The molecule has 5 heteroatoms. The second kappa shape index (κ2) is 5.18. The molecule has 0 unspecified atom stereocenters. The number of ketones is 1. The van der Waals surface area contributed by atoms with Crippen molar-refractivity contribution in [1.29, 1.82) is 0 Å². The quantitative estimate of drug-likeness (QED) is 0.523. The van der Waals surface area contributed by atoms with E-state index in [4.69, 9.17) is 10.5 Å². The van der Waals surface area contributed by atoms with Crippen LogP contribution in [0.5, 0.6) is 0 Å². The first-order chi connectivity index (χ1) is 8.63. The lowest BCUT2D eigenvalue weighted by molar-refractivity contribution is -0.141. The Morgan fingerprint density at radius 3 is 2.72 bits per heavy atom. The van der Waals surface area contributed by atoms with Crippen molar-refractivity contribution >= 4 is 38.9 Å². The summed E-state index contributed by atoms with van der Waals surface area (Å²) in [5.74, 6) is -0.800. The number of rotatable bonds is 4. The van der Waals surface area contributed by atoms with Crippen molar-refractivity contribution in [1.82, 2.24) is 0 Å². The first-order valence-corrected chi connectivity index (χ1v) is 6.41. The van der Waals surface area contributed by atoms with E-state index in [0.29, 0.717) is 10.6 Å². The van der Waals surface area contributed by atoms with Crippen molar-refractivity contribution in [2.24, 2.45) is 0 Å². The highest BCUT2D eigenvalue weighted by Crippen LogP contribution is 2.34. The van der Waals surface area contributed by atoms with Crippen LogP contribution in [0.2, 0.25) is 0 Å². The maximum absolute atomic E-state index is 11.9. The van der Waals surface area contributed by atoms with Crippen LogP contribution >= 0.6 is 11.3 Å². The number of nitrogens with two attached hydrogens (primary N) is 1. The van der Waals surface area contributed by atoms with Crippen LogP contribution in [0.15, 0.2) is 24.3 Å². The Hall–Kier alpha value is -1.88. The van der Waals surface area contributed by atoms with Gasteiger partial charge in [-0.2, -0.15) is 0 Å². The fraction of sp³-hybridized carbons (Fsp3) is 0.231. The van der Waals surface area contributed by atoms with Gasteiger partial charge in [-0.3, -0.25) is 9.59 Å². The van der Waals surface area contributed by atoms with Gasteiger partial charge >= 0.3 is 5.97 Å². The molecule has 0 aliphatic heterocycles. The van der Waals surface area contributed by atoms with E-state index < -0.39 is 5.97 Å². The molecule has 0 aliphatic carbocycles. The number of esters is 1. The number of hydrogen-bond acceptors (Lipinski definition) is 5. The predicted octanol–water partition coefficient (Wildman–Crippen LogP) is 2.62. The zero-order valence-corrected chi connectivity index (χ0v) is 10.8. The SMILES string of the molecule is CCOC(=O)CC(=O)c1sc2ccccc2c1N. The monoisotopic (exact) mass is 263 g/mol.